The molecule has 0 saturated carbocycles. The van der Waals surface area contributed by atoms with Gasteiger partial charge in [0.25, 0.3) is 0 Å². The molecule has 0 saturated heterocycles. The summed E-state index contributed by atoms with van der Waals surface area (Å²) in [6.45, 7) is 0. The summed E-state index contributed by atoms with van der Waals surface area (Å²) in [6, 6.07) is 31.2. The lowest BCUT2D eigenvalue weighted by Crippen LogP contribution is -2.36. The molecule has 0 aliphatic carbocycles. The van der Waals surface area contributed by atoms with Gasteiger partial charge in [0.1, 0.15) is 15.9 Å². The second-order valence-electron chi connectivity index (χ2n) is 4.73. The Morgan fingerprint density at radius 2 is 0.714 bits per heavy atom. The Morgan fingerprint density at radius 1 is 0.476 bits per heavy atom. The number of hydrogen-bond acceptors (Lipinski definition) is 1. The average Bonchev–Trinajstić information content (AvgIpc) is 2.56. The molecule has 0 atom stereocenters. The lowest BCUT2D eigenvalue weighted by Gasteiger charge is -2.21. The van der Waals surface area contributed by atoms with Gasteiger partial charge in [0, 0.05) is 0 Å². The van der Waals surface area contributed by atoms with E-state index in [-0.39, 0.29) is 17.0 Å². The molecule has 0 aliphatic rings. The summed E-state index contributed by atoms with van der Waals surface area (Å²) in [5.74, 6) is 0. The smallest absolute Gasteiger partial charge is 0.175 e. The molecule has 3 aromatic rings. The molecule has 0 unspecified atom stereocenters. The average molecular weight is 359 g/mol. The van der Waals surface area contributed by atoms with E-state index in [0.717, 1.165) is 0 Å². The second-order valence-corrected chi connectivity index (χ2v) is 7.72. The first kappa shape index (κ1) is 15.9. The molecule has 0 aliphatic heterocycles. The fourth-order valence-corrected chi connectivity index (χ4v) is 5.26. The van der Waals surface area contributed by atoms with E-state index in [0.29, 0.717) is 0 Å². The highest BCUT2D eigenvalue weighted by Gasteiger charge is 2.41. The standard InChI is InChI=1S/C18H17NP.BrH/c19-20(16-10-4-1-5-11-16,17-12-6-2-7-13-17)18-14-8-3-9-15-18;/h1-15H,19H2;1H/q+1;. The Kier molecular flexibility index (Phi) is 5.30. The van der Waals surface area contributed by atoms with E-state index in [1.807, 2.05) is 18.2 Å². The minimum atomic E-state index is -2.03. The number of hydrogen-bond donors (Lipinski definition) is 1. The van der Waals surface area contributed by atoms with E-state index >= 15 is 0 Å². The summed E-state index contributed by atoms with van der Waals surface area (Å²) in [5.41, 5.74) is 6.97. The fourth-order valence-electron chi connectivity index (χ4n) is 2.44. The maximum atomic E-state index is 6.97. The molecular formula is C18H18BrNP+. The summed E-state index contributed by atoms with van der Waals surface area (Å²) in [6.07, 6.45) is 0. The normalized spacial score (nSPS) is 10.7. The monoisotopic (exact) mass is 358 g/mol. The first-order chi connectivity index (χ1) is 9.82. The van der Waals surface area contributed by atoms with Crippen LogP contribution < -0.4 is 21.4 Å². The first-order valence-electron chi connectivity index (χ1n) is 6.66. The van der Waals surface area contributed by atoms with Crippen LogP contribution in [0.2, 0.25) is 0 Å². The van der Waals surface area contributed by atoms with Crippen molar-refractivity contribution in [2.75, 3.05) is 0 Å². The highest BCUT2D eigenvalue weighted by Crippen LogP contribution is 2.46. The molecule has 0 spiro atoms. The highest BCUT2D eigenvalue weighted by atomic mass is 79.9. The third kappa shape index (κ3) is 3.08. The summed E-state index contributed by atoms with van der Waals surface area (Å²) in [7, 11) is -2.03. The Bertz CT molecular complexity index is 575. The second kappa shape index (κ2) is 7.00. The van der Waals surface area contributed by atoms with Crippen molar-refractivity contribution in [2.45, 2.75) is 0 Å². The summed E-state index contributed by atoms with van der Waals surface area (Å²) < 4.78 is 0. The molecule has 0 fully saturated rings. The van der Waals surface area contributed by atoms with Gasteiger partial charge in [-0.3, -0.25) is 0 Å². The van der Waals surface area contributed by atoms with Crippen LogP contribution in [-0.2, 0) is 0 Å². The fraction of sp³-hybridized carbons (Fsp3) is 0. The third-order valence-electron chi connectivity index (χ3n) is 3.49. The van der Waals surface area contributed by atoms with Crippen molar-refractivity contribution >= 4 is 40.3 Å². The van der Waals surface area contributed by atoms with Crippen molar-refractivity contribution in [3.05, 3.63) is 91.0 Å². The molecule has 106 valence electrons. The minimum absolute atomic E-state index is 0. The molecule has 3 rings (SSSR count). The van der Waals surface area contributed by atoms with Gasteiger partial charge in [-0.2, -0.15) is 5.50 Å². The molecule has 21 heavy (non-hydrogen) atoms. The molecule has 3 aromatic carbocycles. The van der Waals surface area contributed by atoms with E-state index in [9.17, 15) is 0 Å². The molecular weight excluding hydrogens is 341 g/mol. The van der Waals surface area contributed by atoms with Gasteiger partial charge in [-0.25, -0.2) is 0 Å². The van der Waals surface area contributed by atoms with E-state index in [2.05, 4.69) is 72.8 Å². The van der Waals surface area contributed by atoms with Crippen molar-refractivity contribution in [2.24, 2.45) is 5.50 Å². The van der Waals surface area contributed by atoms with Crippen LogP contribution in [0, 0.1) is 0 Å². The van der Waals surface area contributed by atoms with Crippen LogP contribution in [0.1, 0.15) is 0 Å². The Morgan fingerprint density at radius 3 is 0.952 bits per heavy atom. The van der Waals surface area contributed by atoms with Crippen LogP contribution in [0.4, 0.5) is 0 Å². The SMILES string of the molecule is Br.N[P+](c1ccccc1)(c1ccccc1)c1ccccc1. The summed E-state index contributed by atoms with van der Waals surface area (Å²) in [5, 5.41) is 3.62. The summed E-state index contributed by atoms with van der Waals surface area (Å²) >= 11 is 0. The minimum Gasteiger partial charge on any atom is -0.191 e. The molecule has 0 heterocycles. The third-order valence-corrected chi connectivity index (χ3v) is 6.83. The maximum absolute atomic E-state index is 6.97. The maximum Gasteiger partial charge on any atom is 0.175 e. The zero-order chi connectivity index (χ0) is 13.8. The van der Waals surface area contributed by atoms with Crippen molar-refractivity contribution in [3.63, 3.8) is 0 Å². The van der Waals surface area contributed by atoms with Crippen molar-refractivity contribution < 1.29 is 0 Å². The zero-order valence-electron chi connectivity index (χ0n) is 11.6. The van der Waals surface area contributed by atoms with Crippen LogP contribution in [0.5, 0.6) is 0 Å². The van der Waals surface area contributed by atoms with E-state index in [1.165, 1.54) is 15.9 Å². The number of rotatable bonds is 3. The number of halogens is 1. The molecule has 2 N–H and O–H groups in total. The summed E-state index contributed by atoms with van der Waals surface area (Å²) in [4.78, 5) is 0. The molecule has 0 radical (unpaired) electrons. The Balaban J connectivity index is 0.00000161. The highest BCUT2D eigenvalue weighted by molar-refractivity contribution is 8.93. The lowest BCUT2D eigenvalue weighted by atomic mass is 10.4. The molecule has 0 aromatic heterocycles. The molecule has 0 bridgehead atoms. The van der Waals surface area contributed by atoms with Gasteiger partial charge in [0.05, 0.1) is 0 Å². The zero-order valence-corrected chi connectivity index (χ0v) is 14.2. The topological polar surface area (TPSA) is 26.0 Å². The van der Waals surface area contributed by atoms with Gasteiger partial charge in [-0.1, -0.05) is 54.6 Å². The van der Waals surface area contributed by atoms with Crippen LogP contribution in [0.25, 0.3) is 0 Å². The van der Waals surface area contributed by atoms with Crippen molar-refractivity contribution in [1.82, 2.24) is 0 Å². The lowest BCUT2D eigenvalue weighted by molar-refractivity contribution is 1.69. The molecule has 1 nitrogen and oxygen atoms in total. The van der Waals surface area contributed by atoms with Gasteiger partial charge >= 0.3 is 0 Å². The van der Waals surface area contributed by atoms with Gasteiger partial charge in [-0.15, -0.1) is 17.0 Å². The molecule has 0 amide bonds. The van der Waals surface area contributed by atoms with Crippen LogP contribution in [-0.4, -0.2) is 0 Å². The van der Waals surface area contributed by atoms with Crippen LogP contribution >= 0.6 is 24.4 Å². The van der Waals surface area contributed by atoms with Crippen molar-refractivity contribution in [1.29, 1.82) is 0 Å². The van der Waals surface area contributed by atoms with Gasteiger partial charge < -0.3 is 0 Å². The van der Waals surface area contributed by atoms with Crippen LogP contribution in [0.3, 0.4) is 0 Å². The predicted octanol–water partition coefficient (Wildman–Crippen LogP) is 3.43. The van der Waals surface area contributed by atoms with E-state index < -0.39 is 7.41 Å². The predicted molar refractivity (Wildman–Crippen MR) is 99.7 cm³/mol. The number of nitrogens with two attached hydrogens (primary N) is 1. The largest absolute Gasteiger partial charge is 0.191 e. The van der Waals surface area contributed by atoms with Gasteiger partial charge in [0.15, 0.2) is 7.41 Å². The first-order valence-corrected chi connectivity index (χ1v) is 8.52. The van der Waals surface area contributed by atoms with Crippen LogP contribution in [0.15, 0.2) is 91.0 Å². The number of benzene rings is 3. The Labute approximate surface area is 137 Å². The quantitative estimate of drug-likeness (QED) is 0.713. The van der Waals surface area contributed by atoms with Gasteiger partial charge in [0.2, 0.25) is 0 Å². The van der Waals surface area contributed by atoms with E-state index in [1.54, 1.807) is 0 Å². The van der Waals surface area contributed by atoms with Gasteiger partial charge in [-0.05, 0) is 36.4 Å². The van der Waals surface area contributed by atoms with E-state index in [4.69, 9.17) is 5.50 Å². The molecule has 3 heteroatoms. The van der Waals surface area contributed by atoms with Crippen molar-refractivity contribution in [3.8, 4) is 0 Å². The Hall–Kier alpha value is -1.47.